The number of carboxylic acids is 1. The summed E-state index contributed by atoms with van der Waals surface area (Å²) in [6, 6.07) is 4.75. The summed E-state index contributed by atoms with van der Waals surface area (Å²) in [6.45, 7) is 0. The quantitative estimate of drug-likeness (QED) is 0.484. The molecule has 0 saturated carbocycles. The molecule has 0 bridgehead atoms. The number of halogens is 1. The Morgan fingerprint density at radius 2 is 2.17 bits per heavy atom. The molecule has 0 aliphatic carbocycles. The third-order valence-corrected chi connectivity index (χ3v) is 1.89. The predicted octanol–water partition coefficient (Wildman–Crippen LogP) is -0.557. The van der Waals surface area contributed by atoms with Gasteiger partial charge >= 0.3 is 35.5 Å². The molecular weight excluding hydrogens is 207 g/mol. The van der Waals surface area contributed by atoms with Crippen LogP contribution in [0.4, 0.5) is 0 Å². The Morgan fingerprint density at radius 3 is 2.50 bits per heavy atom. The number of aromatic carboxylic acids is 1. The average molecular weight is 213 g/mol. The maximum absolute atomic E-state index is 10.5. The molecule has 0 radical (unpaired) electrons. The summed E-state index contributed by atoms with van der Waals surface area (Å²) in [5, 5.41) is 8.83. The first-order valence-electron chi connectivity index (χ1n) is 2.83. The van der Waals surface area contributed by atoms with E-state index in [2.05, 4.69) is 12.6 Å². The van der Waals surface area contributed by atoms with Crippen LogP contribution < -0.4 is 29.6 Å². The van der Waals surface area contributed by atoms with Gasteiger partial charge in [0.1, 0.15) is 0 Å². The van der Waals surface area contributed by atoms with Crippen molar-refractivity contribution in [1.82, 2.24) is 0 Å². The van der Waals surface area contributed by atoms with Gasteiger partial charge < -0.3 is 6.53 Å². The molecule has 0 unspecified atom stereocenters. The summed E-state index contributed by atoms with van der Waals surface area (Å²) in [7, 11) is 0. The molecule has 0 aliphatic heterocycles. The van der Waals surface area contributed by atoms with Gasteiger partial charge in [0.05, 0.1) is 10.6 Å². The number of carbonyl (C=O) groups is 1. The van der Waals surface area contributed by atoms with Crippen molar-refractivity contribution in [2.75, 3.05) is 0 Å². The maximum atomic E-state index is 10.5. The summed E-state index contributed by atoms with van der Waals surface area (Å²) >= 11 is 9.54. The van der Waals surface area contributed by atoms with E-state index in [1.54, 1.807) is 12.1 Å². The van der Waals surface area contributed by atoms with Gasteiger partial charge in [-0.15, -0.1) is 12.6 Å². The van der Waals surface area contributed by atoms with Crippen LogP contribution in [0, 0.1) is 0 Å². The minimum atomic E-state index is -1.06. The monoisotopic (exact) mass is 212 g/mol. The second-order valence-electron chi connectivity index (χ2n) is 1.94. The van der Waals surface area contributed by atoms with Gasteiger partial charge in [-0.25, -0.2) is 4.79 Å². The van der Waals surface area contributed by atoms with Gasteiger partial charge in [0, 0.05) is 4.90 Å². The number of benzene rings is 1. The van der Waals surface area contributed by atoms with E-state index in [-0.39, 0.29) is 41.6 Å². The van der Waals surface area contributed by atoms with Crippen molar-refractivity contribution in [2.45, 2.75) is 4.90 Å². The number of hydrogen-bond acceptors (Lipinski definition) is 2. The molecule has 0 heterocycles. The van der Waals surface area contributed by atoms with E-state index in [4.69, 9.17) is 16.7 Å². The van der Waals surface area contributed by atoms with E-state index < -0.39 is 5.97 Å². The Balaban J connectivity index is 0. The maximum Gasteiger partial charge on any atom is 1.00 e. The molecule has 5 heteroatoms. The van der Waals surface area contributed by atoms with E-state index in [9.17, 15) is 4.79 Å². The van der Waals surface area contributed by atoms with E-state index in [0.29, 0.717) is 4.90 Å². The number of carboxylic acid groups (broad SMARTS) is 1. The number of thiol groups is 1. The molecule has 60 valence electrons. The van der Waals surface area contributed by atoms with E-state index >= 15 is 0 Å². The molecule has 0 fully saturated rings. The van der Waals surface area contributed by atoms with Crippen LogP contribution in [0.2, 0.25) is 5.02 Å². The normalized spacial score (nSPS) is 8.83. The Kier molecular flexibility index (Phi) is 5.29. The Labute approximate surface area is 104 Å². The molecule has 0 amide bonds. The smallest absolute Gasteiger partial charge is 1.00 e. The van der Waals surface area contributed by atoms with Gasteiger partial charge in [-0.2, -0.15) is 0 Å². The van der Waals surface area contributed by atoms with Gasteiger partial charge in [0.25, 0.3) is 0 Å². The summed E-state index contributed by atoms with van der Waals surface area (Å²) < 4.78 is 0. The molecule has 1 aromatic rings. The molecule has 1 aromatic carbocycles. The Bertz CT molecular complexity index is 288. The van der Waals surface area contributed by atoms with Crippen molar-refractivity contribution in [3.63, 3.8) is 0 Å². The fourth-order valence-corrected chi connectivity index (χ4v) is 1.35. The van der Waals surface area contributed by atoms with Gasteiger partial charge in [-0.1, -0.05) is 17.7 Å². The van der Waals surface area contributed by atoms with E-state index in [1.807, 2.05) is 0 Å². The number of hydrogen-bond donors (Lipinski definition) is 2. The summed E-state index contributed by atoms with van der Waals surface area (Å²) in [5.74, 6) is -1.06. The van der Waals surface area contributed by atoms with Crippen LogP contribution in [0.3, 0.4) is 0 Å². The first kappa shape index (κ1) is 12.3. The van der Waals surface area contributed by atoms with Gasteiger partial charge in [-0.3, -0.25) is 0 Å². The first-order valence-corrected chi connectivity index (χ1v) is 3.66. The van der Waals surface area contributed by atoms with Crippen LogP contribution in [0.25, 0.3) is 0 Å². The van der Waals surface area contributed by atoms with Crippen molar-refractivity contribution in [2.24, 2.45) is 0 Å². The molecule has 0 saturated heterocycles. The van der Waals surface area contributed by atoms with Gasteiger partial charge in [-0.05, 0) is 12.1 Å². The molecule has 0 spiro atoms. The minimum absolute atomic E-state index is 0. The molecule has 12 heavy (non-hydrogen) atoms. The Hall–Kier alpha value is 0.330. The molecular formula is C7H6ClNaO2S. The van der Waals surface area contributed by atoms with E-state index in [0.717, 1.165) is 0 Å². The van der Waals surface area contributed by atoms with Crippen molar-refractivity contribution in [1.29, 1.82) is 0 Å². The zero-order chi connectivity index (χ0) is 8.43. The fourth-order valence-electron chi connectivity index (χ4n) is 0.724. The number of rotatable bonds is 1. The standard InChI is InChI=1S/C7H5ClO2S.Na.H/c8-4-2-1-3-5(11)6(4)7(9)10;;/h1-3,11H,(H,9,10);;/q;+1;-1. The van der Waals surface area contributed by atoms with Crippen molar-refractivity contribution in [3.05, 3.63) is 28.8 Å². The molecule has 1 N–H and O–H groups in total. The van der Waals surface area contributed by atoms with Crippen molar-refractivity contribution in [3.8, 4) is 0 Å². The molecule has 0 aliphatic rings. The Morgan fingerprint density at radius 1 is 1.58 bits per heavy atom. The molecule has 1 rings (SSSR count). The third-order valence-electron chi connectivity index (χ3n) is 1.21. The molecule has 0 aromatic heterocycles. The zero-order valence-electron chi connectivity index (χ0n) is 7.41. The average Bonchev–Trinajstić information content (AvgIpc) is 1.85. The minimum Gasteiger partial charge on any atom is -1.00 e. The summed E-state index contributed by atoms with van der Waals surface area (Å²) in [5.41, 5.74) is 0.0532. The van der Waals surface area contributed by atoms with Crippen molar-refractivity contribution >= 4 is 30.2 Å². The van der Waals surface area contributed by atoms with E-state index in [1.165, 1.54) is 6.07 Å². The summed E-state index contributed by atoms with van der Waals surface area (Å²) in [4.78, 5) is 10.9. The van der Waals surface area contributed by atoms with Crippen LogP contribution in [0.1, 0.15) is 11.8 Å². The van der Waals surface area contributed by atoms with Crippen LogP contribution >= 0.6 is 24.2 Å². The predicted molar refractivity (Wildman–Crippen MR) is 46.8 cm³/mol. The van der Waals surface area contributed by atoms with Gasteiger partial charge in [0.2, 0.25) is 0 Å². The molecule has 2 nitrogen and oxygen atoms in total. The SMILES string of the molecule is O=C(O)c1c(S)cccc1Cl.[H-].[Na+]. The van der Waals surface area contributed by atoms with Crippen LogP contribution in [-0.4, -0.2) is 11.1 Å². The first-order chi connectivity index (χ1) is 5.13. The second kappa shape index (κ2) is 5.14. The largest absolute Gasteiger partial charge is 1.00 e. The van der Waals surface area contributed by atoms with Crippen LogP contribution in [0.15, 0.2) is 23.1 Å². The van der Waals surface area contributed by atoms with Gasteiger partial charge in [0.15, 0.2) is 0 Å². The summed E-state index contributed by atoms with van der Waals surface area (Å²) in [6.07, 6.45) is 0. The molecule has 0 atom stereocenters. The topological polar surface area (TPSA) is 37.3 Å². The fraction of sp³-hybridized carbons (Fsp3) is 0. The van der Waals surface area contributed by atoms with Crippen molar-refractivity contribution < 1.29 is 40.9 Å². The third kappa shape index (κ3) is 2.68. The van der Waals surface area contributed by atoms with Crippen LogP contribution in [-0.2, 0) is 0 Å². The second-order valence-corrected chi connectivity index (χ2v) is 2.83. The zero-order valence-corrected chi connectivity index (χ0v) is 10.1. The van der Waals surface area contributed by atoms with Crippen LogP contribution in [0.5, 0.6) is 0 Å².